The highest BCUT2D eigenvalue weighted by Gasteiger charge is 2.28. The number of fused-ring (bicyclic) bond motifs is 1. The minimum atomic E-state index is 0.0257. The fourth-order valence-corrected chi connectivity index (χ4v) is 4.59. The van der Waals surface area contributed by atoms with E-state index in [-0.39, 0.29) is 11.9 Å². The Hall–Kier alpha value is -2.10. The second-order valence-corrected chi connectivity index (χ2v) is 8.40. The Morgan fingerprint density at radius 1 is 1.07 bits per heavy atom. The number of amides is 1. The van der Waals surface area contributed by atoms with E-state index < -0.39 is 0 Å². The molecule has 1 fully saturated rings. The first-order valence-corrected chi connectivity index (χ1v) is 10.6. The molecule has 0 saturated heterocycles. The summed E-state index contributed by atoms with van der Waals surface area (Å²) in [7, 11) is 0. The maximum Gasteiger partial charge on any atom is 0.272 e. The minimum Gasteiger partial charge on any atom is -0.348 e. The minimum absolute atomic E-state index is 0.0257. The quantitative estimate of drug-likeness (QED) is 0.841. The summed E-state index contributed by atoms with van der Waals surface area (Å²) in [6.07, 6.45) is 9.25. The van der Waals surface area contributed by atoms with Crippen molar-refractivity contribution in [2.75, 3.05) is 0 Å². The zero-order chi connectivity index (χ0) is 18.8. The Labute approximate surface area is 162 Å². The first kappa shape index (κ1) is 18.3. The van der Waals surface area contributed by atoms with E-state index in [2.05, 4.69) is 48.0 Å². The van der Waals surface area contributed by atoms with Crippen LogP contribution in [-0.4, -0.2) is 21.5 Å². The smallest absolute Gasteiger partial charge is 0.272 e. The lowest BCUT2D eigenvalue weighted by atomic mass is 9.86. The van der Waals surface area contributed by atoms with Gasteiger partial charge in [-0.25, -0.2) is 4.98 Å². The SMILES string of the molecule is Cc1ccc(-c2nc(C(=O)N[C@@H]3CCCC[C@H]3C)c3n2CCCCC3)cc1. The number of carbonyl (C=O) groups is 1. The van der Waals surface area contributed by atoms with Gasteiger partial charge in [0.05, 0.1) is 5.69 Å². The van der Waals surface area contributed by atoms with Crippen LogP contribution in [-0.2, 0) is 13.0 Å². The molecule has 1 aliphatic heterocycles. The molecule has 1 N–H and O–H groups in total. The highest BCUT2D eigenvalue weighted by atomic mass is 16.2. The van der Waals surface area contributed by atoms with Gasteiger partial charge in [-0.1, -0.05) is 56.0 Å². The Morgan fingerprint density at radius 3 is 2.63 bits per heavy atom. The Kier molecular flexibility index (Phi) is 5.33. The third kappa shape index (κ3) is 3.80. The number of imidazole rings is 1. The Morgan fingerprint density at radius 2 is 1.85 bits per heavy atom. The fraction of sp³-hybridized carbons (Fsp3) is 0.565. The van der Waals surface area contributed by atoms with E-state index in [1.54, 1.807) is 0 Å². The van der Waals surface area contributed by atoms with Gasteiger partial charge >= 0.3 is 0 Å². The summed E-state index contributed by atoms with van der Waals surface area (Å²) in [5, 5.41) is 3.31. The number of nitrogens with zero attached hydrogens (tertiary/aromatic N) is 2. The molecule has 2 atom stereocenters. The Bertz CT molecular complexity index is 806. The molecule has 1 aromatic heterocycles. The second-order valence-electron chi connectivity index (χ2n) is 8.40. The van der Waals surface area contributed by atoms with Gasteiger partial charge in [-0.2, -0.15) is 0 Å². The molecule has 144 valence electrons. The number of aromatic nitrogens is 2. The Balaban J connectivity index is 1.67. The van der Waals surface area contributed by atoms with Gasteiger partial charge in [-0.05, 0) is 44.9 Å². The molecule has 0 bridgehead atoms. The molecular weight excluding hydrogens is 334 g/mol. The van der Waals surface area contributed by atoms with Crippen LogP contribution < -0.4 is 5.32 Å². The van der Waals surface area contributed by atoms with E-state index in [0.29, 0.717) is 11.6 Å². The van der Waals surface area contributed by atoms with Gasteiger partial charge in [-0.15, -0.1) is 0 Å². The number of hydrogen-bond donors (Lipinski definition) is 1. The van der Waals surface area contributed by atoms with Gasteiger partial charge in [-0.3, -0.25) is 4.79 Å². The molecule has 1 aromatic carbocycles. The first-order chi connectivity index (χ1) is 13.1. The zero-order valence-electron chi connectivity index (χ0n) is 16.6. The number of hydrogen-bond acceptors (Lipinski definition) is 2. The van der Waals surface area contributed by atoms with Gasteiger partial charge < -0.3 is 9.88 Å². The molecule has 2 aliphatic rings. The molecular formula is C23H31N3O. The van der Waals surface area contributed by atoms with E-state index >= 15 is 0 Å². The van der Waals surface area contributed by atoms with Crippen LogP contribution in [0.5, 0.6) is 0 Å². The maximum absolute atomic E-state index is 13.2. The highest BCUT2D eigenvalue weighted by Crippen LogP contribution is 2.29. The fourth-order valence-electron chi connectivity index (χ4n) is 4.59. The number of aryl methyl sites for hydroxylation is 1. The van der Waals surface area contributed by atoms with Crippen LogP contribution in [0.3, 0.4) is 0 Å². The third-order valence-corrected chi connectivity index (χ3v) is 6.32. The summed E-state index contributed by atoms with van der Waals surface area (Å²) < 4.78 is 2.30. The molecule has 27 heavy (non-hydrogen) atoms. The van der Waals surface area contributed by atoms with Crippen LogP contribution in [0.4, 0.5) is 0 Å². The van der Waals surface area contributed by atoms with Crippen molar-refractivity contribution in [2.24, 2.45) is 5.92 Å². The molecule has 2 heterocycles. The van der Waals surface area contributed by atoms with Gasteiger partial charge in [0.1, 0.15) is 11.5 Å². The lowest BCUT2D eigenvalue weighted by Crippen LogP contribution is -2.41. The van der Waals surface area contributed by atoms with Crippen LogP contribution in [0, 0.1) is 12.8 Å². The van der Waals surface area contributed by atoms with Crippen molar-refractivity contribution in [1.29, 1.82) is 0 Å². The molecule has 4 rings (SSSR count). The molecule has 4 nitrogen and oxygen atoms in total. The summed E-state index contributed by atoms with van der Waals surface area (Å²) in [5.41, 5.74) is 4.13. The summed E-state index contributed by atoms with van der Waals surface area (Å²) in [6.45, 7) is 5.31. The van der Waals surface area contributed by atoms with Gasteiger partial charge in [0, 0.05) is 18.2 Å². The average molecular weight is 366 g/mol. The van der Waals surface area contributed by atoms with E-state index in [9.17, 15) is 4.79 Å². The molecule has 1 aliphatic carbocycles. The van der Waals surface area contributed by atoms with Crippen molar-refractivity contribution >= 4 is 5.91 Å². The van der Waals surface area contributed by atoms with Crippen molar-refractivity contribution in [2.45, 2.75) is 77.8 Å². The van der Waals surface area contributed by atoms with Crippen molar-refractivity contribution in [3.63, 3.8) is 0 Å². The van der Waals surface area contributed by atoms with Crippen LogP contribution in [0.1, 0.15) is 73.6 Å². The molecule has 0 radical (unpaired) electrons. The molecule has 2 aromatic rings. The molecule has 1 amide bonds. The lowest BCUT2D eigenvalue weighted by Gasteiger charge is -2.29. The van der Waals surface area contributed by atoms with Crippen LogP contribution in [0.15, 0.2) is 24.3 Å². The van der Waals surface area contributed by atoms with Crippen molar-refractivity contribution in [3.05, 3.63) is 41.2 Å². The summed E-state index contributed by atoms with van der Waals surface area (Å²) in [4.78, 5) is 18.0. The number of benzene rings is 1. The largest absolute Gasteiger partial charge is 0.348 e. The summed E-state index contributed by atoms with van der Waals surface area (Å²) >= 11 is 0. The van der Waals surface area contributed by atoms with E-state index in [1.165, 1.54) is 31.2 Å². The molecule has 4 heteroatoms. The molecule has 1 saturated carbocycles. The van der Waals surface area contributed by atoms with E-state index in [4.69, 9.17) is 4.98 Å². The van der Waals surface area contributed by atoms with Crippen LogP contribution in [0.25, 0.3) is 11.4 Å². The summed E-state index contributed by atoms with van der Waals surface area (Å²) in [5.74, 6) is 1.53. The molecule has 0 spiro atoms. The predicted molar refractivity (Wildman–Crippen MR) is 109 cm³/mol. The predicted octanol–water partition coefficient (Wildman–Crippen LogP) is 4.89. The second kappa shape index (κ2) is 7.87. The normalized spacial score (nSPS) is 22.7. The first-order valence-electron chi connectivity index (χ1n) is 10.6. The van der Waals surface area contributed by atoms with Gasteiger partial charge in [0.25, 0.3) is 5.91 Å². The standard InChI is InChI=1S/C23H31N3O/c1-16-11-13-18(14-12-16)22-25-21(20-10-4-3-7-15-26(20)22)23(27)24-19-9-6-5-8-17(19)2/h11-14,17,19H,3-10,15H2,1-2H3,(H,24,27)/t17-,19-/m1/s1. The monoisotopic (exact) mass is 365 g/mol. The number of carbonyl (C=O) groups excluding carboxylic acids is 1. The van der Waals surface area contributed by atoms with Crippen LogP contribution in [0.2, 0.25) is 0 Å². The average Bonchev–Trinajstić information content (AvgIpc) is 2.86. The number of nitrogens with one attached hydrogen (secondary N) is 1. The summed E-state index contributed by atoms with van der Waals surface area (Å²) in [6, 6.07) is 8.78. The zero-order valence-corrected chi connectivity index (χ0v) is 16.6. The van der Waals surface area contributed by atoms with Crippen molar-refractivity contribution in [3.8, 4) is 11.4 Å². The lowest BCUT2D eigenvalue weighted by molar-refractivity contribution is 0.0904. The van der Waals surface area contributed by atoms with E-state index in [0.717, 1.165) is 49.3 Å². The third-order valence-electron chi connectivity index (χ3n) is 6.32. The van der Waals surface area contributed by atoms with Crippen molar-refractivity contribution < 1.29 is 4.79 Å². The van der Waals surface area contributed by atoms with Gasteiger partial charge in [0.15, 0.2) is 0 Å². The topological polar surface area (TPSA) is 46.9 Å². The number of rotatable bonds is 3. The van der Waals surface area contributed by atoms with Gasteiger partial charge in [0.2, 0.25) is 0 Å². The van der Waals surface area contributed by atoms with E-state index in [1.807, 2.05) is 0 Å². The maximum atomic E-state index is 13.2. The van der Waals surface area contributed by atoms with Crippen molar-refractivity contribution in [1.82, 2.24) is 14.9 Å². The van der Waals surface area contributed by atoms with Crippen LogP contribution >= 0.6 is 0 Å². The molecule has 0 unspecified atom stereocenters. The highest BCUT2D eigenvalue weighted by molar-refractivity contribution is 5.94.